The van der Waals surface area contributed by atoms with Crippen LogP contribution >= 0.6 is 0 Å². The number of esters is 1. The normalized spacial score (nSPS) is 10.9. The highest BCUT2D eigenvalue weighted by atomic mass is 16.6. The standard InChI is InChI=1S/C17H20N2O6/c1-17(2,3)25-15(21)14-10(20)7-6-8-11(14)24-16-18-12(22-4)9-13(19-16)23-5/h6-9,20H,1-5H3. The van der Waals surface area contributed by atoms with E-state index in [1.165, 1.54) is 38.5 Å². The van der Waals surface area contributed by atoms with Gasteiger partial charge in [0.25, 0.3) is 0 Å². The number of nitrogens with zero attached hydrogens (tertiary/aromatic N) is 2. The average Bonchev–Trinajstić information content (AvgIpc) is 2.52. The molecule has 0 aliphatic heterocycles. The highest BCUT2D eigenvalue weighted by molar-refractivity contribution is 5.95. The van der Waals surface area contributed by atoms with Crippen molar-refractivity contribution in [3.8, 4) is 29.3 Å². The maximum Gasteiger partial charge on any atom is 0.346 e. The Morgan fingerprint density at radius 3 is 2.20 bits per heavy atom. The maximum absolute atomic E-state index is 12.4. The number of carbonyl (C=O) groups excluding carboxylic acids is 1. The number of aromatic nitrogens is 2. The van der Waals surface area contributed by atoms with Crippen LogP contribution in [-0.2, 0) is 4.74 Å². The zero-order chi connectivity index (χ0) is 18.6. The molecular formula is C17H20N2O6. The van der Waals surface area contributed by atoms with Crippen molar-refractivity contribution in [2.45, 2.75) is 26.4 Å². The highest BCUT2D eigenvalue weighted by Gasteiger charge is 2.25. The lowest BCUT2D eigenvalue weighted by molar-refractivity contribution is 0.00643. The average molecular weight is 348 g/mol. The number of hydrogen-bond donors (Lipinski definition) is 1. The zero-order valence-electron chi connectivity index (χ0n) is 14.7. The molecule has 134 valence electrons. The summed E-state index contributed by atoms with van der Waals surface area (Å²) in [7, 11) is 2.87. The summed E-state index contributed by atoms with van der Waals surface area (Å²) in [4.78, 5) is 20.4. The Morgan fingerprint density at radius 1 is 1.08 bits per heavy atom. The molecule has 1 aromatic carbocycles. The van der Waals surface area contributed by atoms with Crippen molar-refractivity contribution in [2.24, 2.45) is 0 Å². The quantitative estimate of drug-likeness (QED) is 0.823. The number of methoxy groups -OCH3 is 2. The van der Waals surface area contributed by atoms with Crippen molar-refractivity contribution in [2.75, 3.05) is 14.2 Å². The number of benzene rings is 1. The van der Waals surface area contributed by atoms with E-state index in [4.69, 9.17) is 18.9 Å². The van der Waals surface area contributed by atoms with Crippen LogP contribution in [0.15, 0.2) is 24.3 Å². The summed E-state index contributed by atoms with van der Waals surface area (Å²) < 4.78 is 21.0. The summed E-state index contributed by atoms with van der Waals surface area (Å²) in [5.41, 5.74) is -0.852. The predicted molar refractivity (Wildman–Crippen MR) is 88.5 cm³/mol. The minimum absolute atomic E-state index is 0.0459. The SMILES string of the molecule is COc1cc(OC)nc(Oc2cccc(O)c2C(=O)OC(C)(C)C)n1. The topological polar surface area (TPSA) is 100 Å². The van der Waals surface area contributed by atoms with Crippen molar-refractivity contribution in [1.29, 1.82) is 0 Å². The molecule has 2 rings (SSSR count). The molecule has 0 amide bonds. The van der Waals surface area contributed by atoms with Gasteiger partial charge < -0.3 is 24.1 Å². The summed E-state index contributed by atoms with van der Waals surface area (Å²) in [5.74, 6) is -0.511. The maximum atomic E-state index is 12.4. The lowest BCUT2D eigenvalue weighted by Gasteiger charge is -2.20. The largest absolute Gasteiger partial charge is 0.507 e. The van der Waals surface area contributed by atoms with E-state index in [2.05, 4.69) is 9.97 Å². The molecule has 1 N–H and O–H groups in total. The van der Waals surface area contributed by atoms with Gasteiger partial charge in [0.2, 0.25) is 11.8 Å². The van der Waals surface area contributed by atoms with Crippen LogP contribution in [0.3, 0.4) is 0 Å². The van der Waals surface area contributed by atoms with Crippen LogP contribution in [-0.4, -0.2) is 40.9 Å². The fourth-order valence-corrected chi connectivity index (χ4v) is 1.88. The first-order valence-corrected chi connectivity index (χ1v) is 7.43. The molecule has 0 atom stereocenters. The summed E-state index contributed by atoms with van der Waals surface area (Å²) in [6, 6.07) is 5.75. The van der Waals surface area contributed by atoms with Crippen LogP contribution in [0.1, 0.15) is 31.1 Å². The minimum Gasteiger partial charge on any atom is -0.507 e. The molecule has 0 radical (unpaired) electrons. The third-order valence-electron chi connectivity index (χ3n) is 2.89. The minimum atomic E-state index is -0.730. The number of rotatable bonds is 5. The Labute approximate surface area is 145 Å². The molecule has 25 heavy (non-hydrogen) atoms. The zero-order valence-corrected chi connectivity index (χ0v) is 14.7. The van der Waals surface area contributed by atoms with E-state index >= 15 is 0 Å². The number of hydrogen-bond acceptors (Lipinski definition) is 8. The first-order chi connectivity index (χ1) is 11.7. The molecule has 0 aliphatic rings. The van der Waals surface area contributed by atoms with E-state index in [0.29, 0.717) is 0 Å². The third kappa shape index (κ3) is 4.72. The predicted octanol–water partition coefficient (Wildman–Crippen LogP) is 2.95. The first kappa shape index (κ1) is 18.3. The summed E-state index contributed by atoms with van der Waals surface area (Å²) in [5, 5.41) is 10.1. The van der Waals surface area contributed by atoms with Gasteiger partial charge in [-0.25, -0.2) is 4.79 Å². The molecule has 0 spiro atoms. The Balaban J connectivity index is 2.41. The van der Waals surface area contributed by atoms with E-state index in [9.17, 15) is 9.90 Å². The van der Waals surface area contributed by atoms with Gasteiger partial charge in [0.05, 0.1) is 20.3 Å². The molecular weight excluding hydrogens is 328 g/mol. The van der Waals surface area contributed by atoms with Gasteiger partial charge in [-0.15, -0.1) is 0 Å². The summed E-state index contributed by atoms with van der Waals surface area (Å²) in [6.07, 6.45) is 0. The van der Waals surface area contributed by atoms with Crippen molar-refractivity contribution >= 4 is 5.97 Å². The van der Waals surface area contributed by atoms with E-state index in [1.807, 2.05) is 0 Å². The van der Waals surface area contributed by atoms with Gasteiger partial charge in [0, 0.05) is 0 Å². The lowest BCUT2D eigenvalue weighted by atomic mass is 10.1. The smallest absolute Gasteiger partial charge is 0.346 e. The van der Waals surface area contributed by atoms with Crippen LogP contribution in [0, 0.1) is 0 Å². The molecule has 8 nitrogen and oxygen atoms in total. The van der Waals surface area contributed by atoms with Gasteiger partial charge in [-0.05, 0) is 32.9 Å². The Morgan fingerprint density at radius 2 is 1.68 bits per heavy atom. The van der Waals surface area contributed by atoms with Crippen molar-refractivity contribution in [3.05, 3.63) is 29.8 Å². The van der Waals surface area contributed by atoms with Gasteiger partial charge in [-0.2, -0.15) is 9.97 Å². The van der Waals surface area contributed by atoms with Crippen LogP contribution in [0.5, 0.6) is 29.3 Å². The van der Waals surface area contributed by atoms with Gasteiger partial charge >= 0.3 is 12.0 Å². The van der Waals surface area contributed by atoms with E-state index in [-0.39, 0.29) is 34.8 Å². The summed E-state index contributed by atoms with van der Waals surface area (Å²) in [6.45, 7) is 5.17. The van der Waals surface area contributed by atoms with Crippen LogP contribution < -0.4 is 14.2 Å². The Kier molecular flexibility index (Phi) is 5.31. The Bertz CT molecular complexity index is 748. The van der Waals surface area contributed by atoms with E-state index < -0.39 is 11.6 Å². The van der Waals surface area contributed by atoms with Crippen LogP contribution in [0.25, 0.3) is 0 Å². The number of phenols is 1. The Hall–Kier alpha value is -3.03. The molecule has 0 bridgehead atoms. The van der Waals surface area contributed by atoms with Gasteiger partial charge in [-0.1, -0.05) is 6.07 Å². The third-order valence-corrected chi connectivity index (χ3v) is 2.89. The highest BCUT2D eigenvalue weighted by Crippen LogP contribution is 2.33. The van der Waals surface area contributed by atoms with Crippen molar-refractivity contribution in [3.63, 3.8) is 0 Å². The fourth-order valence-electron chi connectivity index (χ4n) is 1.88. The number of carbonyl (C=O) groups is 1. The fraction of sp³-hybridized carbons (Fsp3) is 0.353. The lowest BCUT2D eigenvalue weighted by Crippen LogP contribution is -2.24. The molecule has 0 aliphatic carbocycles. The second-order valence-electron chi connectivity index (χ2n) is 5.99. The molecule has 1 heterocycles. The number of aromatic hydroxyl groups is 1. The van der Waals surface area contributed by atoms with Crippen molar-refractivity contribution in [1.82, 2.24) is 9.97 Å². The van der Waals surface area contributed by atoms with Crippen LogP contribution in [0.4, 0.5) is 0 Å². The number of phenolic OH excluding ortho intramolecular Hbond substituents is 1. The molecule has 0 unspecified atom stereocenters. The molecule has 0 fully saturated rings. The molecule has 8 heteroatoms. The second kappa shape index (κ2) is 7.25. The monoisotopic (exact) mass is 348 g/mol. The molecule has 0 saturated heterocycles. The molecule has 0 saturated carbocycles. The molecule has 1 aromatic heterocycles. The first-order valence-electron chi connectivity index (χ1n) is 7.43. The van der Waals surface area contributed by atoms with Gasteiger partial charge in [-0.3, -0.25) is 0 Å². The second-order valence-corrected chi connectivity index (χ2v) is 5.99. The van der Waals surface area contributed by atoms with Gasteiger partial charge in [0.15, 0.2) is 0 Å². The van der Waals surface area contributed by atoms with E-state index in [1.54, 1.807) is 20.8 Å². The van der Waals surface area contributed by atoms with E-state index in [0.717, 1.165) is 0 Å². The summed E-state index contributed by atoms with van der Waals surface area (Å²) >= 11 is 0. The molecule has 2 aromatic rings. The van der Waals surface area contributed by atoms with Gasteiger partial charge in [0.1, 0.15) is 22.7 Å². The van der Waals surface area contributed by atoms with Crippen LogP contribution in [0.2, 0.25) is 0 Å². The number of ether oxygens (including phenoxy) is 4. The van der Waals surface area contributed by atoms with Crippen molar-refractivity contribution < 1.29 is 28.8 Å².